The smallest absolute Gasteiger partial charge is 0.242 e. The minimum absolute atomic E-state index is 0.0620. The molecule has 3 aromatic rings. The van der Waals surface area contributed by atoms with Gasteiger partial charge in [-0.05, 0) is 29.8 Å². The highest BCUT2D eigenvalue weighted by atomic mass is 19.2. The van der Waals surface area contributed by atoms with Gasteiger partial charge in [0.25, 0.3) is 0 Å². The second-order valence-corrected chi connectivity index (χ2v) is 6.44. The molecule has 134 valence electrons. The van der Waals surface area contributed by atoms with E-state index in [1.807, 2.05) is 40.8 Å². The van der Waals surface area contributed by atoms with Crippen LogP contribution in [-0.2, 0) is 18.4 Å². The number of aromatic nitrogens is 2. The van der Waals surface area contributed by atoms with Crippen LogP contribution in [0.25, 0.3) is 11.0 Å². The van der Waals surface area contributed by atoms with Gasteiger partial charge in [-0.25, -0.2) is 13.8 Å². The van der Waals surface area contributed by atoms with Gasteiger partial charge in [0.05, 0.1) is 17.6 Å². The number of hydrogen-bond donors (Lipinski definition) is 0. The lowest BCUT2D eigenvalue weighted by atomic mass is 10.2. The Morgan fingerprint density at radius 1 is 1.08 bits per heavy atom. The molecule has 4 rings (SSSR count). The number of benzene rings is 2. The fourth-order valence-electron chi connectivity index (χ4n) is 3.32. The SMILES string of the molecule is Cn1c(N2CCN(Cc3ccc(F)c(F)c3)C(=O)C2)nc2ccccc21. The van der Waals surface area contributed by atoms with Gasteiger partial charge in [-0.1, -0.05) is 18.2 Å². The molecule has 26 heavy (non-hydrogen) atoms. The summed E-state index contributed by atoms with van der Waals surface area (Å²) in [5, 5.41) is 0. The molecule has 1 fully saturated rings. The first-order valence-electron chi connectivity index (χ1n) is 8.41. The van der Waals surface area contributed by atoms with Crippen LogP contribution in [0.5, 0.6) is 0 Å². The number of imidazole rings is 1. The molecule has 1 aliphatic rings. The highest BCUT2D eigenvalue weighted by Crippen LogP contribution is 2.23. The topological polar surface area (TPSA) is 41.4 Å². The molecule has 1 saturated heterocycles. The van der Waals surface area contributed by atoms with E-state index < -0.39 is 11.6 Å². The Morgan fingerprint density at radius 2 is 1.88 bits per heavy atom. The third-order valence-electron chi connectivity index (χ3n) is 4.72. The van der Waals surface area contributed by atoms with E-state index in [9.17, 15) is 13.6 Å². The van der Waals surface area contributed by atoms with Crippen molar-refractivity contribution < 1.29 is 13.6 Å². The minimum atomic E-state index is -0.895. The summed E-state index contributed by atoms with van der Waals surface area (Å²) in [6.45, 7) is 1.61. The van der Waals surface area contributed by atoms with E-state index in [0.717, 1.165) is 29.1 Å². The third kappa shape index (κ3) is 2.89. The first-order chi connectivity index (χ1) is 12.5. The first-order valence-corrected chi connectivity index (χ1v) is 8.41. The maximum absolute atomic E-state index is 13.4. The number of rotatable bonds is 3. The molecule has 0 spiro atoms. The molecule has 0 radical (unpaired) electrons. The number of halogens is 2. The summed E-state index contributed by atoms with van der Waals surface area (Å²) in [5.74, 6) is -1.08. The zero-order valence-corrected chi connectivity index (χ0v) is 14.3. The number of nitrogens with zero attached hydrogens (tertiary/aromatic N) is 4. The van der Waals surface area contributed by atoms with Gasteiger partial charge in [-0.3, -0.25) is 4.79 Å². The lowest BCUT2D eigenvalue weighted by Crippen LogP contribution is -2.50. The summed E-state index contributed by atoms with van der Waals surface area (Å²) in [6.07, 6.45) is 0. The van der Waals surface area contributed by atoms with Crippen LogP contribution in [0, 0.1) is 11.6 Å². The lowest BCUT2D eigenvalue weighted by Gasteiger charge is -2.34. The zero-order chi connectivity index (χ0) is 18.3. The number of piperazine rings is 1. The molecule has 7 heteroatoms. The molecule has 0 N–H and O–H groups in total. The average molecular weight is 356 g/mol. The van der Waals surface area contributed by atoms with Crippen molar-refractivity contribution in [3.63, 3.8) is 0 Å². The van der Waals surface area contributed by atoms with Gasteiger partial charge in [0.2, 0.25) is 11.9 Å². The average Bonchev–Trinajstić information content (AvgIpc) is 2.97. The highest BCUT2D eigenvalue weighted by molar-refractivity contribution is 5.84. The lowest BCUT2D eigenvalue weighted by molar-refractivity contribution is -0.131. The molecule has 1 aromatic heterocycles. The van der Waals surface area contributed by atoms with Crippen LogP contribution in [0.2, 0.25) is 0 Å². The van der Waals surface area contributed by atoms with E-state index in [2.05, 4.69) is 4.98 Å². The molecule has 2 aromatic carbocycles. The quantitative estimate of drug-likeness (QED) is 0.725. The van der Waals surface area contributed by atoms with Crippen LogP contribution in [-0.4, -0.2) is 40.0 Å². The normalized spacial score (nSPS) is 15.1. The van der Waals surface area contributed by atoms with Crippen molar-refractivity contribution in [2.24, 2.45) is 7.05 Å². The van der Waals surface area contributed by atoms with Crippen LogP contribution >= 0.6 is 0 Å². The second-order valence-electron chi connectivity index (χ2n) is 6.44. The van der Waals surface area contributed by atoms with Crippen LogP contribution in [0.3, 0.4) is 0 Å². The van der Waals surface area contributed by atoms with Crippen molar-refractivity contribution in [2.45, 2.75) is 6.54 Å². The number of carbonyl (C=O) groups is 1. The van der Waals surface area contributed by atoms with E-state index >= 15 is 0 Å². The molecule has 0 saturated carbocycles. The standard InChI is InChI=1S/C19H18F2N4O/c1-23-17-5-3-2-4-16(17)22-19(23)25-9-8-24(18(26)12-25)11-13-6-7-14(20)15(21)10-13/h2-7,10H,8-9,11-12H2,1H3. The van der Waals surface area contributed by atoms with E-state index in [0.29, 0.717) is 18.7 Å². The Balaban J connectivity index is 1.50. The molecule has 0 aliphatic carbocycles. The first kappa shape index (κ1) is 16.5. The number of amides is 1. The van der Waals surface area contributed by atoms with E-state index in [1.54, 1.807) is 4.90 Å². The Bertz CT molecular complexity index is 985. The van der Waals surface area contributed by atoms with Crippen molar-refractivity contribution in [3.05, 3.63) is 59.7 Å². The van der Waals surface area contributed by atoms with Crippen molar-refractivity contribution in [1.82, 2.24) is 14.5 Å². The van der Waals surface area contributed by atoms with Crippen molar-refractivity contribution in [2.75, 3.05) is 24.5 Å². The molecule has 2 heterocycles. The predicted molar refractivity (Wildman–Crippen MR) is 94.7 cm³/mol. The summed E-state index contributed by atoms with van der Waals surface area (Å²) < 4.78 is 28.4. The molecule has 5 nitrogen and oxygen atoms in total. The molecule has 0 unspecified atom stereocenters. The third-order valence-corrected chi connectivity index (χ3v) is 4.72. The fourth-order valence-corrected chi connectivity index (χ4v) is 3.32. The van der Waals surface area contributed by atoms with E-state index in [4.69, 9.17) is 0 Å². The van der Waals surface area contributed by atoms with Gasteiger partial charge in [-0.2, -0.15) is 0 Å². The van der Waals surface area contributed by atoms with E-state index in [-0.39, 0.29) is 19.0 Å². The molecule has 1 amide bonds. The molecular formula is C19H18F2N4O. The number of anilines is 1. The Labute approximate surface area is 149 Å². The van der Waals surface area contributed by atoms with Gasteiger partial charge in [0.1, 0.15) is 0 Å². The maximum Gasteiger partial charge on any atom is 0.242 e. The Hall–Kier alpha value is -2.96. The fraction of sp³-hybridized carbons (Fsp3) is 0.263. The summed E-state index contributed by atoms with van der Waals surface area (Å²) in [5.41, 5.74) is 2.48. The second kappa shape index (κ2) is 6.40. The maximum atomic E-state index is 13.4. The van der Waals surface area contributed by atoms with Crippen LogP contribution in [0.4, 0.5) is 14.7 Å². The Morgan fingerprint density at radius 3 is 2.62 bits per heavy atom. The predicted octanol–water partition coefficient (Wildman–Crippen LogP) is 2.70. The molecule has 0 atom stereocenters. The number of para-hydroxylation sites is 2. The summed E-state index contributed by atoms with van der Waals surface area (Å²) in [7, 11) is 1.93. The van der Waals surface area contributed by atoms with Crippen molar-refractivity contribution in [3.8, 4) is 0 Å². The number of aryl methyl sites for hydroxylation is 1. The highest BCUT2D eigenvalue weighted by Gasteiger charge is 2.27. The van der Waals surface area contributed by atoms with Crippen molar-refractivity contribution in [1.29, 1.82) is 0 Å². The van der Waals surface area contributed by atoms with Gasteiger partial charge < -0.3 is 14.4 Å². The van der Waals surface area contributed by atoms with Crippen LogP contribution < -0.4 is 4.90 Å². The summed E-state index contributed by atoms with van der Waals surface area (Å²) >= 11 is 0. The zero-order valence-electron chi connectivity index (χ0n) is 14.3. The molecule has 1 aliphatic heterocycles. The number of hydrogen-bond acceptors (Lipinski definition) is 3. The van der Waals surface area contributed by atoms with Gasteiger partial charge in [-0.15, -0.1) is 0 Å². The van der Waals surface area contributed by atoms with Gasteiger partial charge in [0.15, 0.2) is 11.6 Å². The molecule has 0 bridgehead atoms. The van der Waals surface area contributed by atoms with Crippen molar-refractivity contribution >= 4 is 22.9 Å². The Kier molecular flexibility index (Phi) is 4.06. The van der Waals surface area contributed by atoms with Gasteiger partial charge in [0, 0.05) is 26.7 Å². The molecular weight excluding hydrogens is 338 g/mol. The van der Waals surface area contributed by atoms with E-state index in [1.165, 1.54) is 6.07 Å². The number of fused-ring (bicyclic) bond motifs is 1. The minimum Gasteiger partial charge on any atom is -0.335 e. The number of carbonyl (C=O) groups excluding carboxylic acids is 1. The van der Waals surface area contributed by atoms with Gasteiger partial charge >= 0.3 is 0 Å². The monoisotopic (exact) mass is 356 g/mol. The summed E-state index contributed by atoms with van der Waals surface area (Å²) in [4.78, 5) is 20.8. The van der Waals surface area contributed by atoms with Crippen LogP contribution in [0.1, 0.15) is 5.56 Å². The van der Waals surface area contributed by atoms with Crippen LogP contribution in [0.15, 0.2) is 42.5 Å². The summed E-state index contributed by atoms with van der Waals surface area (Å²) in [6, 6.07) is 11.6. The largest absolute Gasteiger partial charge is 0.335 e.